The maximum Gasteiger partial charge on any atom is 0.142 e. The first-order valence-corrected chi connectivity index (χ1v) is 6.05. The van der Waals surface area contributed by atoms with Crippen molar-refractivity contribution in [2.75, 3.05) is 12.4 Å². The van der Waals surface area contributed by atoms with Gasteiger partial charge in [0.15, 0.2) is 0 Å². The Hall–Kier alpha value is -2.07. The quantitative estimate of drug-likeness (QED) is 0.886. The zero-order valence-electron chi connectivity index (χ0n) is 11.0. The van der Waals surface area contributed by atoms with Crippen LogP contribution in [0.5, 0.6) is 5.75 Å². The van der Waals surface area contributed by atoms with E-state index in [1.54, 1.807) is 19.2 Å². The third-order valence-corrected chi connectivity index (χ3v) is 2.95. The molecule has 2 aromatic carbocycles. The lowest BCUT2D eigenvalue weighted by molar-refractivity contribution is 0.416. The molecule has 0 aliphatic carbocycles. The molecule has 0 aliphatic rings. The predicted molar refractivity (Wildman–Crippen MR) is 75.3 cm³/mol. The van der Waals surface area contributed by atoms with Gasteiger partial charge in [-0.15, -0.1) is 0 Å². The molecule has 0 spiro atoms. The zero-order chi connectivity index (χ0) is 13.8. The number of aryl methyl sites for hydroxylation is 1. The van der Waals surface area contributed by atoms with E-state index in [1.807, 2.05) is 25.1 Å². The number of methoxy groups -OCH3 is 1. The second-order valence-corrected chi connectivity index (χ2v) is 4.30. The molecule has 0 unspecified atom stereocenters. The van der Waals surface area contributed by atoms with E-state index in [2.05, 4.69) is 5.32 Å². The van der Waals surface area contributed by atoms with Crippen LogP contribution in [0.4, 0.5) is 15.8 Å². The number of hydrogen-bond acceptors (Lipinski definition) is 3. The molecule has 3 nitrogen and oxygen atoms in total. The van der Waals surface area contributed by atoms with Crippen LogP contribution < -0.4 is 15.8 Å². The van der Waals surface area contributed by atoms with E-state index >= 15 is 0 Å². The Morgan fingerprint density at radius 3 is 2.68 bits per heavy atom. The molecule has 100 valence electrons. The van der Waals surface area contributed by atoms with Gasteiger partial charge in [-0.3, -0.25) is 0 Å². The lowest BCUT2D eigenvalue weighted by Crippen LogP contribution is -2.05. The van der Waals surface area contributed by atoms with Gasteiger partial charge in [-0.05, 0) is 36.8 Å². The van der Waals surface area contributed by atoms with Gasteiger partial charge in [0.05, 0.1) is 12.8 Å². The normalized spacial score (nSPS) is 10.3. The molecule has 0 amide bonds. The van der Waals surface area contributed by atoms with Gasteiger partial charge in [-0.1, -0.05) is 12.1 Å². The molecule has 2 rings (SSSR count). The van der Waals surface area contributed by atoms with E-state index in [-0.39, 0.29) is 12.4 Å². The minimum atomic E-state index is -0.306. The molecule has 4 heteroatoms. The summed E-state index contributed by atoms with van der Waals surface area (Å²) in [7, 11) is 1.60. The van der Waals surface area contributed by atoms with E-state index in [0.29, 0.717) is 17.0 Å². The fourth-order valence-electron chi connectivity index (χ4n) is 1.95. The van der Waals surface area contributed by atoms with Crippen LogP contribution in [-0.4, -0.2) is 7.11 Å². The topological polar surface area (TPSA) is 47.3 Å². The highest BCUT2D eigenvalue weighted by Gasteiger charge is 2.09. The Balaban J connectivity index is 2.41. The van der Waals surface area contributed by atoms with Crippen molar-refractivity contribution in [3.8, 4) is 5.75 Å². The molecule has 0 atom stereocenters. The molecule has 0 aromatic heterocycles. The van der Waals surface area contributed by atoms with Crippen molar-refractivity contribution in [1.82, 2.24) is 0 Å². The van der Waals surface area contributed by atoms with Crippen LogP contribution in [0.3, 0.4) is 0 Å². The Kier molecular flexibility index (Phi) is 4.02. The molecule has 0 aliphatic heterocycles. The lowest BCUT2D eigenvalue weighted by Gasteiger charge is -2.15. The van der Waals surface area contributed by atoms with Crippen LogP contribution in [0.25, 0.3) is 0 Å². The summed E-state index contributed by atoms with van der Waals surface area (Å²) in [6.07, 6.45) is 0. The summed E-state index contributed by atoms with van der Waals surface area (Å²) < 4.78 is 19.0. The van der Waals surface area contributed by atoms with Crippen LogP contribution in [0, 0.1) is 12.7 Å². The average molecular weight is 260 g/mol. The predicted octanol–water partition coefficient (Wildman–Crippen LogP) is 3.35. The van der Waals surface area contributed by atoms with Crippen LogP contribution in [0.1, 0.15) is 11.1 Å². The number of halogens is 1. The first kappa shape index (κ1) is 13.4. The monoisotopic (exact) mass is 260 g/mol. The zero-order valence-corrected chi connectivity index (χ0v) is 11.0. The smallest absolute Gasteiger partial charge is 0.142 e. The van der Waals surface area contributed by atoms with Gasteiger partial charge in [0, 0.05) is 17.8 Å². The number of nitrogens with two attached hydrogens (primary N) is 1. The third kappa shape index (κ3) is 2.85. The molecular weight excluding hydrogens is 243 g/mol. The maximum absolute atomic E-state index is 13.7. The summed E-state index contributed by atoms with van der Waals surface area (Å²) >= 11 is 0. The van der Waals surface area contributed by atoms with Gasteiger partial charge in [0.2, 0.25) is 0 Å². The third-order valence-electron chi connectivity index (χ3n) is 2.95. The maximum atomic E-state index is 13.7. The molecule has 0 heterocycles. The van der Waals surface area contributed by atoms with Gasteiger partial charge >= 0.3 is 0 Å². The number of nitrogens with one attached hydrogen (secondary N) is 1. The Bertz CT molecular complexity index is 584. The Morgan fingerprint density at radius 1 is 1.21 bits per heavy atom. The molecule has 0 radical (unpaired) electrons. The fourth-order valence-corrected chi connectivity index (χ4v) is 1.95. The van der Waals surface area contributed by atoms with Gasteiger partial charge in [-0.2, -0.15) is 0 Å². The average Bonchev–Trinajstić information content (AvgIpc) is 2.39. The molecular formula is C15H17FN2O. The molecule has 19 heavy (non-hydrogen) atoms. The van der Waals surface area contributed by atoms with E-state index < -0.39 is 0 Å². The number of benzene rings is 2. The SMILES string of the molecule is COc1ccc(C)cc1Nc1cccc(F)c1CN. The second kappa shape index (κ2) is 5.71. The molecule has 0 bridgehead atoms. The van der Waals surface area contributed by atoms with Gasteiger partial charge in [0.25, 0.3) is 0 Å². The first-order chi connectivity index (χ1) is 9.15. The lowest BCUT2D eigenvalue weighted by atomic mass is 10.1. The standard InChI is InChI=1S/C15H17FN2O/c1-10-6-7-15(19-2)14(8-10)18-13-5-3-4-12(16)11(13)9-17/h3-8,18H,9,17H2,1-2H3. The largest absolute Gasteiger partial charge is 0.495 e. The van der Waals surface area contributed by atoms with Crippen LogP contribution in [0.2, 0.25) is 0 Å². The van der Waals surface area contributed by atoms with Crippen molar-refractivity contribution in [2.24, 2.45) is 5.73 Å². The molecule has 0 saturated heterocycles. The van der Waals surface area contributed by atoms with E-state index in [1.165, 1.54) is 6.07 Å². The van der Waals surface area contributed by atoms with Gasteiger partial charge < -0.3 is 15.8 Å². The number of rotatable bonds is 4. The minimum Gasteiger partial charge on any atom is -0.495 e. The fraction of sp³-hybridized carbons (Fsp3) is 0.200. The number of anilines is 2. The van der Waals surface area contributed by atoms with Crippen molar-refractivity contribution in [2.45, 2.75) is 13.5 Å². The first-order valence-electron chi connectivity index (χ1n) is 6.05. The Labute approximate surface area is 112 Å². The Morgan fingerprint density at radius 2 is 2.00 bits per heavy atom. The van der Waals surface area contributed by atoms with Crippen molar-refractivity contribution in [3.05, 3.63) is 53.3 Å². The summed E-state index contributed by atoms with van der Waals surface area (Å²) in [5, 5.41) is 3.18. The van der Waals surface area contributed by atoms with Crippen molar-refractivity contribution >= 4 is 11.4 Å². The van der Waals surface area contributed by atoms with E-state index in [0.717, 1.165) is 11.3 Å². The van der Waals surface area contributed by atoms with Gasteiger partial charge in [-0.25, -0.2) is 4.39 Å². The summed E-state index contributed by atoms with van der Waals surface area (Å²) in [5.74, 6) is 0.400. The number of ether oxygens (including phenoxy) is 1. The molecule has 2 aromatic rings. The minimum absolute atomic E-state index is 0.142. The number of hydrogen-bond donors (Lipinski definition) is 2. The van der Waals surface area contributed by atoms with Crippen molar-refractivity contribution < 1.29 is 9.13 Å². The van der Waals surface area contributed by atoms with E-state index in [4.69, 9.17) is 10.5 Å². The highest BCUT2D eigenvalue weighted by molar-refractivity contribution is 5.69. The van der Waals surface area contributed by atoms with Crippen LogP contribution in [-0.2, 0) is 6.54 Å². The summed E-state index contributed by atoms with van der Waals surface area (Å²) in [6, 6.07) is 10.6. The molecule has 3 N–H and O–H groups in total. The summed E-state index contributed by atoms with van der Waals surface area (Å²) in [5.41, 5.74) is 8.60. The summed E-state index contributed by atoms with van der Waals surface area (Å²) in [6.45, 7) is 2.13. The highest BCUT2D eigenvalue weighted by Crippen LogP contribution is 2.30. The van der Waals surface area contributed by atoms with Crippen molar-refractivity contribution in [3.63, 3.8) is 0 Å². The van der Waals surface area contributed by atoms with Crippen LogP contribution >= 0.6 is 0 Å². The van der Waals surface area contributed by atoms with E-state index in [9.17, 15) is 4.39 Å². The van der Waals surface area contributed by atoms with Crippen molar-refractivity contribution in [1.29, 1.82) is 0 Å². The summed E-state index contributed by atoms with van der Waals surface area (Å²) in [4.78, 5) is 0. The highest BCUT2D eigenvalue weighted by atomic mass is 19.1. The second-order valence-electron chi connectivity index (χ2n) is 4.30. The molecule has 0 fully saturated rings. The molecule has 0 saturated carbocycles. The van der Waals surface area contributed by atoms with Crippen LogP contribution in [0.15, 0.2) is 36.4 Å². The van der Waals surface area contributed by atoms with Gasteiger partial charge in [0.1, 0.15) is 11.6 Å².